The Bertz CT molecular complexity index is 840. The molecule has 3 nitrogen and oxygen atoms in total. The van der Waals surface area contributed by atoms with E-state index in [4.69, 9.17) is 34.8 Å². The third-order valence-electron chi connectivity index (χ3n) is 2.76. The van der Waals surface area contributed by atoms with Crippen LogP contribution in [0.4, 0.5) is 13.2 Å². The monoisotopic (exact) mass is 382 g/mol. The van der Waals surface area contributed by atoms with Gasteiger partial charge in [0.15, 0.2) is 5.69 Å². The molecule has 0 saturated carbocycles. The highest BCUT2D eigenvalue weighted by Gasteiger charge is 2.34. The lowest BCUT2D eigenvalue weighted by Gasteiger charge is -2.12. The molecule has 1 aromatic heterocycles. The molecule has 2 rings (SSSR count). The number of hydrogen-bond donors (Lipinski definition) is 0. The second-order valence-corrected chi connectivity index (χ2v) is 5.86. The van der Waals surface area contributed by atoms with Crippen LogP contribution in [0.5, 0.6) is 0 Å². The van der Waals surface area contributed by atoms with Crippen LogP contribution in [0.1, 0.15) is 18.2 Å². The van der Waals surface area contributed by atoms with E-state index in [1.165, 1.54) is 18.2 Å². The molecule has 1 heterocycles. The van der Waals surface area contributed by atoms with Crippen molar-refractivity contribution in [3.8, 4) is 5.69 Å². The highest BCUT2D eigenvalue weighted by Crippen LogP contribution is 2.28. The molecule has 0 aliphatic rings. The second-order valence-electron chi connectivity index (χ2n) is 4.52. The number of benzene rings is 1. The Balaban J connectivity index is 2.64. The summed E-state index contributed by atoms with van der Waals surface area (Å²) in [6.45, 7) is 1.63. The molecule has 0 fully saturated rings. The molecule has 0 amide bonds. The molecular weight excluding hydrogens is 376 g/mol. The Labute approximate surface area is 143 Å². The number of hydrogen-bond acceptors (Lipinski definition) is 2. The first-order valence-corrected chi connectivity index (χ1v) is 7.23. The molecule has 0 spiro atoms. The van der Waals surface area contributed by atoms with Gasteiger partial charge in [0.05, 0.1) is 5.69 Å². The summed E-state index contributed by atoms with van der Waals surface area (Å²) in [4.78, 5) is 15.2. The fraction of sp³-hybridized carbons (Fsp3) is 0.143. The summed E-state index contributed by atoms with van der Waals surface area (Å²) in [6.07, 6.45) is -3.21. The van der Waals surface area contributed by atoms with Crippen LogP contribution >= 0.6 is 34.8 Å². The average molecular weight is 384 g/mol. The predicted molar refractivity (Wildman–Crippen MR) is 84.4 cm³/mol. The van der Waals surface area contributed by atoms with Gasteiger partial charge in [0, 0.05) is 16.1 Å². The molecule has 0 unspecified atom stereocenters. The summed E-state index contributed by atoms with van der Waals surface area (Å²) in [7, 11) is 0. The second kappa shape index (κ2) is 6.55. The van der Waals surface area contributed by atoms with E-state index in [1.54, 1.807) is 13.0 Å². The average Bonchev–Trinajstić information content (AvgIpc) is 2.39. The van der Waals surface area contributed by atoms with E-state index in [1.807, 2.05) is 0 Å². The normalized spacial score (nSPS) is 12.6. The van der Waals surface area contributed by atoms with Crippen LogP contribution in [0.15, 0.2) is 34.1 Å². The lowest BCUT2D eigenvalue weighted by Crippen LogP contribution is -2.23. The van der Waals surface area contributed by atoms with Gasteiger partial charge in [0.25, 0.3) is 5.56 Å². The lowest BCUT2D eigenvalue weighted by molar-refractivity contribution is -0.141. The number of aromatic nitrogens is 2. The zero-order chi connectivity index (χ0) is 17.4. The molecule has 2 aromatic rings. The van der Waals surface area contributed by atoms with Gasteiger partial charge in [0.1, 0.15) is 0 Å². The van der Waals surface area contributed by atoms with Gasteiger partial charge in [-0.05, 0) is 48.4 Å². The fourth-order valence-electron chi connectivity index (χ4n) is 1.83. The van der Waals surface area contributed by atoms with E-state index in [2.05, 4.69) is 4.98 Å². The highest BCUT2D eigenvalue weighted by molar-refractivity contribution is 6.34. The number of rotatable bonds is 2. The van der Waals surface area contributed by atoms with Crippen molar-refractivity contribution in [3.63, 3.8) is 0 Å². The third-order valence-corrected chi connectivity index (χ3v) is 3.47. The first-order valence-electron chi connectivity index (χ1n) is 6.10. The Morgan fingerprint density at radius 1 is 1.26 bits per heavy atom. The van der Waals surface area contributed by atoms with Gasteiger partial charge in [-0.15, -0.1) is 0 Å². The van der Waals surface area contributed by atoms with E-state index in [0.29, 0.717) is 21.7 Å². The largest absolute Gasteiger partial charge is 0.433 e. The predicted octanol–water partition coefficient (Wildman–Crippen LogP) is 5.16. The van der Waals surface area contributed by atoms with Gasteiger partial charge in [-0.3, -0.25) is 9.36 Å². The van der Waals surface area contributed by atoms with Gasteiger partial charge < -0.3 is 0 Å². The zero-order valence-electron chi connectivity index (χ0n) is 11.5. The van der Waals surface area contributed by atoms with Crippen molar-refractivity contribution in [3.05, 3.63) is 61.2 Å². The molecule has 0 N–H and O–H groups in total. The Morgan fingerprint density at radius 2 is 1.91 bits per heavy atom. The Kier molecular flexibility index (Phi) is 5.08. The molecule has 0 aliphatic heterocycles. The van der Waals surface area contributed by atoms with E-state index in [-0.39, 0.29) is 5.69 Å². The molecule has 1 aromatic carbocycles. The molecule has 0 bridgehead atoms. The third kappa shape index (κ3) is 4.07. The van der Waals surface area contributed by atoms with Gasteiger partial charge in [0.2, 0.25) is 5.28 Å². The summed E-state index contributed by atoms with van der Waals surface area (Å²) < 4.78 is 38.7. The minimum Gasteiger partial charge on any atom is -0.269 e. The molecule has 9 heteroatoms. The van der Waals surface area contributed by atoms with Gasteiger partial charge in [-0.2, -0.15) is 13.2 Å². The van der Waals surface area contributed by atoms with Crippen LogP contribution in [0.2, 0.25) is 10.3 Å². The standard InChI is InChI=1S/C14H8Cl3F3N2O/c1-7(15)4-8-5-9(2-3-10(8)16)22-12(23)6-11(14(18,19)20)21-13(22)17/h2-6H,1H3/b7-4+. The van der Waals surface area contributed by atoms with Crippen LogP contribution in [0, 0.1) is 0 Å². The molecule has 0 radical (unpaired) electrons. The maximum Gasteiger partial charge on any atom is 0.433 e. The number of halogens is 6. The van der Waals surface area contributed by atoms with Crippen molar-refractivity contribution in [2.75, 3.05) is 0 Å². The highest BCUT2D eigenvalue weighted by atomic mass is 35.5. The minimum atomic E-state index is -4.76. The van der Waals surface area contributed by atoms with Crippen molar-refractivity contribution in [2.24, 2.45) is 0 Å². The van der Waals surface area contributed by atoms with E-state index in [9.17, 15) is 18.0 Å². The molecule has 122 valence electrons. The summed E-state index contributed by atoms with van der Waals surface area (Å²) in [5, 5.41) is 0.190. The molecule has 0 saturated heterocycles. The summed E-state index contributed by atoms with van der Waals surface area (Å²) in [6, 6.07) is 4.76. The summed E-state index contributed by atoms with van der Waals surface area (Å²) >= 11 is 17.5. The quantitative estimate of drug-likeness (QED) is 0.672. The molecule has 0 aliphatic carbocycles. The maximum atomic E-state index is 12.6. The Morgan fingerprint density at radius 3 is 2.43 bits per heavy atom. The zero-order valence-corrected chi connectivity index (χ0v) is 13.7. The minimum absolute atomic E-state index is 0.217. The van der Waals surface area contributed by atoms with Crippen LogP contribution in [-0.2, 0) is 6.18 Å². The summed E-state index contributed by atoms with van der Waals surface area (Å²) in [5.74, 6) is 0. The van der Waals surface area contributed by atoms with Crippen LogP contribution < -0.4 is 5.56 Å². The van der Waals surface area contributed by atoms with Crippen LogP contribution in [-0.4, -0.2) is 9.55 Å². The first-order chi connectivity index (χ1) is 10.6. The summed E-state index contributed by atoms with van der Waals surface area (Å²) in [5.41, 5.74) is -1.61. The van der Waals surface area contributed by atoms with Crippen molar-refractivity contribution in [1.82, 2.24) is 9.55 Å². The van der Waals surface area contributed by atoms with Crippen LogP contribution in [0.3, 0.4) is 0 Å². The van der Waals surface area contributed by atoms with Crippen molar-refractivity contribution in [2.45, 2.75) is 13.1 Å². The van der Waals surface area contributed by atoms with E-state index >= 15 is 0 Å². The van der Waals surface area contributed by atoms with E-state index in [0.717, 1.165) is 4.57 Å². The van der Waals surface area contributed by atoms with Crippen molar-refractivity contribution in [1.29, 1.82) is 0 Å². The SMILES string of the molecule is C/C(Cl)=C\c1cc(-n2c(Cl)nc(C(F)(F)F)cc2=O)ccc1Cl. The topological polar surface area (TPSA) is 34.9 Å². The van der Waals surface area contributed by atoms with Gasteiger partial charge >= 0.3 is 6.18 Å². The number of allylic oxidation sites excluding steroid dienone is 1. The molecular formula is C14H8Cl3F3N2O. The first kappa shape index (κ1) is 17.8. The van der Waals surface area contributed by atoms with Crippen LogP contribution in [0.25, 0.3) is 11.8 Å². The number of nitrogens with zero attached hydrogens (tertiary/aromatic N) is 2. The van der Waals surface area contributed by atoms with Crippen molar-refractivity contribution < 1.29 is 13.2 Å². The Hall–Kier alpha value is -1.50. The smallest absolute Gasteiger partial charge is 0.269 e. The molecule has 23 heavy (non-hydrogen) atoms. The lowest BCUT2D eigenvalue weighted by atomic mass is 10.2. The number of alkyl halides is 3. The van der Waals surface area contributed by atoms with Gasteiger partial charge in [-0.1, -0.05) is 23.2 Å². The van der Waals surface area contributed by atoms with E-state index < -0.39 is 22.7 Å². The van der Waals surface area contributed by atoms with Gasteiger partial charge in [-0.25, -0.2) is 4.98 Å². The maximum absolute atomic E-state index is 12.6. The van der Waals surface area contributed by atoms with Crippen molar-refractivity contribution >= 4 is 40.9 Å². The fourth-order valence-corrected chi connectivity index (χ4v) is 2.39. The molecule has 0 atom stereocenters.